The lowest BCUT2D eigenvalue weighted by atomic mass is 9.97. The van der Waals surface area contributed by atoms with Crippen LogP contribution in [-0.4, -0.2) is 5.71 Å². The predicted molar refractivity (Wildman–Crippen MR) is 102 cm³/mol. The maximum absolute atomic E-state index is 6.04. The lowest BCUT2D eigenvalue weighted by Crippen LogP contribution is -2.14. The van der Waals surface area contributed by atoms with Crippen LogP contribution in [0, 0.1) is 0 Å². The molecular weight excluding hydrogens is 316 g/mol. The van der Waals surface area contributed by atoms with Crippen molar-refractivity contribution in [2.75, 3.05) is 5.32 Å². The van der Waals surface area contributed by atoms with Crippen molar-refractivity contribution in [1.82, 2.24) is 0 Å². The van der Waals surface area contributed by atoms with Crippen molar-refractivity contribution in [1.29, 1.82) is 0 Å². The Hall–Kier alpha value is -2.58. The minimum Gasteiger partial charge on any atom is -0.376 e. The lowest BCUT2D eigenvalue weighted by molar-refractivity contribution is 0.828. The van der Waals surface area contributed by atoms with E-state index in [2.05, 4.69) is 53.8 Å². The van der Waals surface area contributed by atoms with Crippen LogP contribution >= 0.6 is 11.6 Å². The van der Waals surface area contributed by atoms with Crippen LogP contribution in [0.1, 0.15) is 23.6 Å². The minimum absolute atomic E-state index is 0.157. The quantitative estimate of drug-likeness (QED) is 0.610. The van der Waals surface area contributed by atoms with Crippen LogP contribution in [0.15, 0.2) is 83.9 Å². The van der Waals surface area contributed by atoms with Gasteiger partial charge >= 0.3 is 0 Å². The van der Waals surface area contributed by atoms with Crippen LogP contribution < -0.4 is 5.32 Å². The van der Waals surface area contributed by atoms with Gasteiger partial charge in [0.2, 0.25) is 0 Å². The van der Waals surface area contributed by atoms with Crippen LogP contribution in [0.3, 0.4) is 0 Å². The summed E-state index contributed by atoms with van der Waals surface area (Å²) < 4.78 is 0. The van der Waals surface area contributed by atoms with Crippen molar-refractivity contribution in [3.63, 3.8) is 0 Å². The van der Waals surface area contributed by atoms with Gasteiger partial charge in [0.05, 0.1) is 23.1 Å². The molecule has 1 aliphatic heterocycles. The van der Waals surface area contributed by atoms with E-state index in [1.165, 1.54) is 5.56 Å². The van der Waals surface area contributed by atoms with Crippen molar-refractivity contribution in [2.24, 2.45) is 4.99 Å². The van der Waals surface area contributed by atoms with E-state index in [4.69, 9.17) is 16.6 Å². The maximum atomic E-state index is 6.04. The Kier molecular flexibility index (Phi) is 4.06. The van der Waals surface area contributed by atoms with Gasteiger partial charge < -0.3 is 5.32 Å². The summed E-state index contributed by atoms with van der Waals surface area (Å²) in [6.07, 6.45) is 0.820. The Balaban J connectivity index is 1.79. The monoisotopic (exact) mass is 332 g/mol. The summed E-state index contributed by atoms with van der Waals surface area (Å²) in [6.45, 7) is 0. The van der Waals surface area contributed by atoms with E-state index in [0.717, 1.165) is 34.1 Å². The highest BCUT2D eigenvalue weighted by atomic mass is 35.5. The highest BCUT2D eigenvalue weighted by molar-refractivity contribution is 6.30. The fourth-order valence-electron chi connectivity index (χ4n) is 3.03. The van der Waals surface area contributed by atoms with Gasteiger partial charge in [0.15, 0.2) is 0 Å². The molecule has 3 aromatic rings. The van der Waals surface area contributed by atoms with Gasteiger partial charge in [-0.15, -0.1) is 0 Å². The molecule has 2 nitrogen and oxygen atoms in total. The lowest BCUT2D eigenvalue weighted by Gasteiger charge is -2.19. The molecule has 0 amide bonds. The highest BCUT2D eigenvalue weighted by Gasteiger charge is 2.20. The van der Waals surface area contributed by atoms with Crippen molar-refractivity contribution < 1.29 is 0 Å². The molecule has 0 fully saturated rings. The zero-order valence-corrected chi connectivity index (χ0v) is 13.9. The van der Waals surface area contributed by atoms with Crippen molar-refractivity contribution >= 4 is 28.7 Å². The number of anilines is 1. The SMILES string of the molecule is Clc1ccc(C2CC(c3ccccc3)=Nc3ccccc3N2)cc1. The number of rotatable bonds is 2. The number of aliphatic imine (C=N–C) groups is 1. The second-order valence-electron chi connectivity index (χ2n) is 5.89. The summed E-state index contributed by atoms with van der Waals surface area (Å²) in [5.74, 6) is 0. The van der Waals surface area contributed by atoms with E-state index in [0.29, 0.717) is 0 Å². The first kappa shape index (κ1) is 15.0. The average molecular weight is 333 g/mol. The Morgan fingerprint density at radius 1 is 0.833 bits per heavy atom. The summed E-state index contributed by atoms with van der Waals surface area (Å²) in [5, 5.41) is 4.39. The first-order chi connectivity index (χ1) is 11.8. The topological polar surface area (TPSA) is 24.4 Å². The van der Waals surface area contributed by atoms with Crippen LogP contribution in [-0.2, 0) is 0 Å². The molecule has 1 atom stereocenters. The van der Waals surface area contributed by atoms with Crippen LogP contribution in [0.2, 0.25) is 5.02 Å². The third-order valence-electron chi connectivity index (χ3n) is 4.27. The minimum atomic E-state index is 0.157. The van der Waals surface area contributed by atoms with Crippen LogP contribution in [0.5, 0.6) is 0 Å². The second-order valence-corrected chi connectivity index (χ2v) is 6.33. The summed E-state index contributed by atoms with van der Waals surface area (Å²) in [4.78, 5) is 4.93. The van der Waals surface area contributed by atoms with Crippen molar-refractivity contribution in [2.45, 2.75) is 12.5 Å². The number of hydrogen-bond acceptors (Lipinski definition) is 2. The molecule has 0 spiro atoms. The van der Waals surface area contributed by atoms with E-state index in [9.17, 15) is 0 Å². The van der Waals surface area contributed by atoms with Crippen molar-refractivity contribution in [3.8, 4) is 0 Å². The first-order valence-electron chi connectivity index (χ1n) is 8.03. The van der Waals surface area contributed by atoms with E-state index in [1.807, 2.05) is 30.3 Å². The van der Waals surface area contributed by atoms with Gasteiger partial charge in [-0.05, 0) is 35.4 Å². The third kappa shape index (κ3) is 3.06. The van der Waals surface area contributed by atoms with Gasteiger partial charge in [0, 0.05) is 11.4 Å². The molecule has 1 unspecified atom stereocenters. The first-order valence-corrected chi connectivity index (χ1v) is 8.41. The number of fused-ring (bicyclic) bond motifs is 1. The Bertz CT molecular complexity index is 870. The molecule has 0 bridgehead atoms. The second kappa shape index (κ2) is 6.50. The average Bonchev–Trinajstić information content (AvgIpc) is 2.83. The number of nitrogens with zero attached hydrogens (tertiary/aromatic N) is 1. The van der Waals surface area contributed by atoms with Gasteiger partial charge in [-0.3, -0.25) is 4.99 Å². The summed E-state index contributed by atoms with van der Waals surface area (Å²) in [6, 6.07) is 26.8. The number of hydrogen-bond donors (Lipinski definition) is 1. The molecule has 0 radical (unpaired) electrons. The summed E-state index contributed by atoms with van der Waals surface area (Å²) >= 11 is 6.04. The van der Waals surface area contributed by atoms with Crippen LogP contribution in [0.4, 0.5) is 11.4 Å². The molecule has 24 heavy (non-hydrogen) atoms. The highest BCUT2D eigenvalue weighted by Crippen LogP contribution is 2.35. The molecular formula is C21H17ClN2. The molecule has 0 aliphatic carbocycles. The molecule has 118 valence electrons. The van der Waals surface area contributed by atoms with Gasteiger partial charge in [0.25, 0.3) is 0 Å². The fraction of sp³-hybridized carbons (Fsp3) is 0.0952. The molecule has 1 heterocycles. The van der Waals surface area contributed by atoms with Gasteiger partial charge in [0.1, 0.15) is 0 Å². The fourth-order valence-corrected chi connectivity index (χ4v) is 3.15. The number of benzene rings is 3. The van der Waals surface area contributed by atoms with Crippen molar-refractivity contribution in [3.05, 3.63) is 95.0 Å². The van der Waals surface area contributed by atoms with Gasteiger partial charge in [-0.2, -0.15) is 0 Å². The Morgan fingerprint density at radius 2 is 1.54 bits per heavy atom. The predicted octanol–water partition coefficient (Wildman–Crippen LogP) is 6.02. The molecule has 4 rings (SSSR count). The Morgan fingerprint density at radius 3 is 2.33 bits per heavy atom. The largest absolute Gasteiger partial charge is 0.376 e. The number of nitrogens with one attached hydrogen (secondary N) is 1. The standard InChI is InChI=1S/C21H17ClN2/c22-17-12-10-16(11-13-17)21-14-20(15-6-2-1-3-7-15)23-18-8-4-5-9-19(18)24-21/h1-13,21,24H,14H2. The van der Waals surface area contributed by atoms with E-state index in [1.54, 1.807) is 0 Å². The summed E-state index contributed by atoms with van der Waals surface area (Å²) in [5.41, 5.74) is 5.50. The van der Waals surface area contributed by atoms with Gasteiger partial charge in [-0.1, -0.05) is 66.2 Å². The smallest absolute Gasteiger partial charge is 0.0864 e. The Labute approximate surface area is 146 Å². The van der Waals surface area contributed by atoms with E-state index in [-0.39, 0.29) is 6.04 Å². The maximum Gasteiger partial charge on any atom is 0.0864 e. The number of halogens is 1. The molecule has 0 aromatic heterocycles. The third-order valence-corrected chi connectivity index (χ3v) is 4.52. The van der Waals surface area contributed by atoms with Crippen LogP contribution in [0.25, 0.3) is 0 Å². The molecule has 0 saturated carbocycles. The summed E-state index contributed by atoms with van der Waals surface area (Å²) in [7, 11) is 0. The number of para-hydroxylation sites is 2. The zero-order valence-electron chi connectivity index (χ0n) is 13.1. The molecule has 0 saturated heterocycles. The normalized spacial score (nSPS) is 16.5. The molecule has 1 N–H and O–H groups in total. The zero-order chi connectivity index (χ0) is 16.4. The molecule has 1 aliphatic rings. The molecule has 3 heteroatoms. The molecule has 3 aromatic carbocycles. The van der Waals surface area contributed by atoms with E-state index < -0.39 is 0 Å². The van der Waals surface area contributed by atoms with E-state index >= 15 is 0 Å². The van der Waals surface area contributed by atoms with Gasteiger partial charge in [-0.25, -0.2) is 0 Å².